The first-order chi connectivity index (χ1) is 16.3. The summed E-state index contributed by atoms with van der Waals surface area (Å²) >= 11 is 12.4. The van der Waals surface area contributed by atoms with Crippen LogP contribution in [0.15, 0.2) is 83.5 Å². The highest BCUT2D eigenvalue weighted by atomic mass is 35.5. The second-order valence-corrected chi connectivity index (χ2v) is 8.81. The van der Waals surface area contributed by atoms with Gasteiger partial charge in [0, 0.05) is 16.9 Å². The average molecular weight is 494 g/mol. The zero-order valence-electron chi connectivity index (χ0n) is 18.4. The summed E-state index contributed by atoms with van der Waals surface area (Å²) in [5, 5.41) is 5.72. The Labute approximate surface area is 207 Å². The quantitative estimate of drug-likeness (QED) is 0.403. The Hall–Kier alpha value is -3.61. The van der Waals surface area contributed by atoms with Crippen LogP contribution in [0.25, 0.3) is 0 Å². The number of carbonyl (C=O) groups excluding carboxylic acids is 3. The summed E-state index contributed by atoms with van der Waals surface area (Å²) in [6.45, 7) is 4.20. The largest absolute Gasteiger partial charge is 0.350 e. The van der Waals surface area contributed by atoms with E-state index < -0.39 is 11.8 Å². The van der Waals surface area contributed by atoms with Gasteiger partial charge in [0.05, 0.1) is 10.7 Å². The lowest BCUT2D eigenvalue weighted by Gasteiger charge is -2.16. The van der Waals surface area contributed by atoms with Crippen LogP contribution in [0.2, 0.25) is 5.02 Å². The molecular weight excluding hydrogens is 473 g/mol. The Morgan fingerprint density at radius 2 is 1.56 bits per heavy atom. The van der Waals surface area contributed by atoms with Crippen LogP contribution in [-0.2, 0) is 9.59 Å². The van der Waals surface area contributed by atoms with Crippen LogP contribution < -0.4 is 15.5 Å². The molecule has 0 aromatic heterocycles. The molecule has 3 aromatic carbocycles. The third kappa shape index (κ3) is 4.69. The lowest BCUT2D eigenvalue weighted by atomic mass is 10.0. The van der Waals surface area contributed by atoms with Crippen LogP contribution in [0.3, 0.4) is 0 Å². The van der Waals surface area contributed by atoms with E-state index in [1.165, 1.54) is 5.56 Å². The Morgan fingerprint density at radius 3 is 2.24 bits per heavy atom. The van der Waals surface area contributed by atoms with Crippen LogP contribution in [0.4, 0.5) is 17.1 Å². The van der Waals surface area contributed by atoms with Crippen molar-refractivity contribution in [3.05, 3.63) is 99.7 Å². The number of hydrogen-bond donors (Lipinski definition) is 2. The predicted octanol–water partition coefficient (Wildman–Crippen LogP) is 6.15. The maximum Gasteiger partial charge on any atom is 0.283 e. The Balaban J connectivity index is 1.52. The molecule has 172 valence electrons. The number of hydrogen-bond acceptors (Lipinski definition) is 4. The maximum atomic E-state index is 13.0. The summed E-state index contributed by atoms with van der Waals surface area (Å²) in [5.74, 6) is -1.23. The highest BCUT2D eigenvalue weighted by Gasteiger charge is 2.39. The molecule has 0 unspecified atom stereocenters. The first-order valence-electron chi connectivity index (χ1n) is 10.6. The van der Waals surface area contributed by atoms with Crippen molar-refractivity contribution in [2.75, 3.05) is 15.5 Å². The van der Waals surface area contributed by atoms with Crippen molar-refractivity contribution in [2.45, 2.75) is 19.8 Å². The molecule has 3 amide bonds. The zero-order valence-corrected chi connectivity index (χ0v) is 19.9. The van der Waals surface area contributed by atoms with E-state index in [1.54, 1.807) is 48.5 Å². The molecule has 3 aromatic rings. The highest BCUT2D eigenvalue weighted by Crippen LogP contribution is 2.34. The van der Waals surface area contributed by atoms with E-state index >= 15 is 0 Å². The summed E-state index contributed by atoms with van der Waals surface area (Å²) in [6, 6.07) is 20.7. The van der Waals surface area contributed by atoms with Gasteiger partial charge >= 0.3 is 0 Å². The molecule has 8 heteroatoms. The fourth-order valence-electron chi connectivity index (χ4n) is 3.50. The SMILES string of the molecule is CC(C)c1ccc(NC(=O)c2cccc(NC3=C(Cl)C(=O)N(c4ccccc4Cl)C3=O)c2)cc1. The number of nitrogens with one attached hydrogen (secondary N) is 2. The van der Waals surface area contributed by atoms with Gasteiger partial charge in [0.15, 0.2) is 0 Å². The van der Waals surface area contributed by atoms with Crippen LogP contribution >= 0.6 is 23.2 Å². The van der Waals surface area contributed by atoms with Gasteiger partial charge in [0.2, 0.25) is 0 Å². The fraction of sp³-hybridized carbons (Fsp3) is 0.115. The third-order valence-corrected chi connectivity index (χ3v) is 6.02. The topological polar surface area (TPSA) is 78.5 Å². The van der Waals surface area contributed by atoms with Crippen molar-refractivity contribution < 1.29 is 14.4 Å². The minimum absolute atomic E-state index is 0.0894. The number of carbonyl (C=O) groups is 3. The van der Waals surface area contributed by atoms with Gasteiger partial charge in [-0.05, 0) is 53.9 Å². The van der Waals surface area contributed by atoms with Gasteiger partial charge in [-0.1, -0.05) is 67.4 Å². The molecule has 2 N–H and O–H groups in total. The zero-order chi connectivity index (χ0) is 24.4. The van der Waals surface area contributed by atoms with Gasteiger partial charge in [-0.2, -0.15) is 0 Å². The van der Waals surface area contributed by atoms with E-state index in [2.05, 4.69) is 24.5 Å². The second-order valence-electron chi connectivity index (χ2n) is 8.02. The molecular formula is C26H21Cl2N3O3. The van der Waals surface area contributed by atoms with Gasteiger partial charge in [-0.3, -0.25) is 14.4 Å². The summed E-state index contributed by atoms with van der Waals surface area (Å²) in [5.41, 5.74) is 2.80. The van der Waals surface area contributed by atoms with Crippen molar-refractivity contribution in [1.29, 1.82) is 0 Å². The van der Waals surface area contributed by atoms with Gasteiger partial charge < -0.3 is 10.6 Å². The lowest BCUT2D eigenvalue weighted by molar-refractivity contribution is -0.120. The van der Waals surface area contributed by atoms with Crippen molar-refractivity contribution in [1.82, 2.24) is 0 Å². The van der Waals surface area contributed by atoms with Gasteiger partial charge in [0.1, 0.15) is 10.7 Å². The average Bonchev–Trinajstić information content (AvgIpc) is 3.03. The van der Waals surface area contributed by atoms with E-state index in [9.17, 15) is 14.4 Å². The van der Waals surface area contributed by atoms with E-state index in [4.69, 9.17) is 23.2 Å². The molecule has 0 bridgehead atoms. The van der Waals surface area contributed by atoms with Crippen LogP contribution in [0, 0.1) is 0 Å². The molecule has 0 spiro atoms. The van der Waals surface area contributed by atoms with Crippen LogP contribution in [0.1, 0.15) is 35.7 Å². The van der Waals surface area contributed by atoms with Crippen molar-refractivity contribution in [2.24, 2.45) is 0 Å². The van der Waals surface area contributed by atoms with Gasteiger partial charge in [-0.25, -0.2) is 4.90 Å². The van der Waals surface area contributed by atoms with Crippen molar-refractivity contribution in [3.63, 3.8) is 0 Å². The molecule has 1 heterocycles. The molecule has 0 fully saturated rings. The monoisotopic (exact) mass is 493 g/mol. The number of imide groups is 1. The minimum atomic E-state index is -0.680. The molecule has 6 nitrogen and oxygen atoms in total. The van der Waals surface area contributed by atoms with E-state index in [-0.39, 0.29) is 27.3 Å². The number of benzene rings is 3. The second kappa shape index (κ2) is 9.71. The number of nitrogens with zero attached hydrogens (tertiary/aromatic N) is 1. The molecule has 1 aliphatic heterocycles. The number of rotatable bonds is 6. The Morgan fingerprint density at radius 1 is 0.853 bits per heavy atom. The first-order valence-corrected chi connectivity index (χ1v) is 11.3. The van der Waals surface area contributed by atoms with E-state index in [1.807, 2.05) is 24.3 Å². The third-order valence-electron chi connectivity index (χ3n) is 5.35. The Bertz CT molecular complexity index is 1320. The number of amides is 3. The molecule has 1 aliphatic rings. The predicted molar refractivity (Wildman–Crippen MR) is 135 cm³/mol. The molecule has 4 rings (SSSR count). The standard InChI is InChI=1S/C26H21Cl2N3O3/c1-15(2)16-10-12-18(13-11-16)30-24(32)17-6-5-7-19(14-17)29-23-22(28)25(33)31(26(23)34)21-9-4-3-8-20(21)27/h3-15,29H,1-2H3,(H,30,32). The molecule has 34 heavy (non-hydrogen) atoms. The minimum Gasteiger partial charge on any atom is -0.350 e. The number of anilines is 3. The van der Waals surface area contributed by atoms with E-state index in [0.29, 0.717) is 22.9 Å². The summed E-state index contributed by atoms with van der Waals surface area (Å²) in [7, 11) is 0. The Kier molecular flexibility index (Phi) is 6.72. The molecule has 0 aliphatic carbocycles. The molecule has 0 saturated heterocycles. The van der Waals surface area contributed by atoms with Gasteiger partial charge in [-0.15, -0.1) is 0 Å². The lowest BCUT2D eigenvalue weighted by Crippen LogP contribution is -2.32. The van der Waals surface area contributed by atoms with Crippen molar-refractivity contribution in [3.8, 4) is 0 Å². The first kappa shape index (κ1) is 23.5. The van der Waals surface area contributed by atoms with E-state index in [0.717, 1.165) is 4.90 Å². The molecule has 0 atom stereocenters. The summed E-state index contributed by atoms with van der Waals surface area (Å²) < 4.78 is 0. The maximum absolute atomic E-state index is 13.0. The van der Waals surface area contributed by atoms with Crippen molar-refractivity contribution >= 4 is 58.0 Å². The summed E-state index contributed by atoms with van der Waals surface area (Å²) in [4.78, 5) is 39.3. The van der Waals surface area contributed by atoms with Crippen LogP contribution in [0.5, 0.6) is 0 Å². The normalized spacial score (nSPS) is 13.6. The van der Waals surface area contributed by atoms with Gasteiger partial charge in [0.25, 0.3) is 17.7 Å². The van der Waals surface area contributed by atoms with Crippen LogP contribution in [-0.4, -0.2) is 17.7 Å². The highest BCUT2D eigenvalue weighted by molar-refractivity contribution is 6.53. The smallest absolute Gasteiger partial charge is 0.283 e. The fourth-order valence-corrected chi connectivity index (χ4v) is 3.93. The number of para-hydroxylation sites is 1. The molecule has 0 radical (unpaired) electrons. The molecule has 0 saturated carbocycles. The summed E-state index contributed by atoms with van der Waals surface area (Å²) in [6.07, 6.45) is 0. The number of halogens is 2.